The molecule has 0 bridgehead atoms. The van der Waals surface area contributed by atoms with Gasteiger partial charge in [-0.05, 0) is 40.5 Å². The molecular formula is C16H13N3O2. The van der Waals surface area contributed by atoms with Crippen molar-refractivity contribution in [1.82, 2.24) is 10.9 Å². The monoisotopic (exact) mass is 279 g/mol. The molecule has 0 saturated heterocycles. The molecule has 1 aliphatic heterocycles. The van der Waals surface area contributed by atoms with Crippen LogP contribution >= 0.6 is 0 Å². The third kappa shape index (κ3) is 1.68. The Morgan fingerprint density at radius 3 is 2.76 bits per heavy atom. The van der Waals surface area contributed by atoms with Crippen LogP contribution in [0.1, 0.15) is 34.5 Å². The fraction of sp³-hybridized carbons (Fsp3) is 0.125. The maximum absolute atomic E-state index is 11.9. The highest BCUT2D eigenvalue weighted by atomic mass is 16.2. The fourth-order valence-corrected chi connectivity index (χ4v) is 3.15. The Labute approximate surface area is 121 Å². The summed E-state index contributed by atoms with van der Waals surface area (Å²) in [6.45, 7) is 1.49. The number of amides is 2. The molecular weight excluding hydrogens is 266 g/mol. The Hall–Kier alpha value is -2.66. The standard InChI is InChI=1S/C16H13N3O2/c1-8(20)17-9-5-6-10-11-3-2-4-12-14(11)15(13(10)7-9)18-19-16(12)21/h2-7,15,18H,1H3,(H,17,20)(H,19,21). The van der Waals surface area contributed by atoms with E-state index in [4.69, 9.17) is 0 Å². The van der Waals surface area contributed by atoms with Crippen molar-refractivity contribution >= 4 is 17.5 Å². The Morgan fingerprint density at radius 1 is 1.14 bits per heavy atom. The summed E-state index contributed by atoms with van der Waals surface area (Å²) in [5, 5.41) is 2.79. The van der Waals surface area contributed by atoms with Crippen LogP contribution in [0.5, 0.6) is 0 Å². The van der Waals surface area contributed by atoms with Gasteiger partial charge < -0.3 is 5.32 Å². The topological polar surface area (TPSA) is 70.2 Å². The number of hydrogen-bond acceptors (Lipinski definition) is 3. The average Bonchev–Trinajstić information content (AvgIpc) is 2.77. The molecule has 5 nitrogen and oxygen atoms in total. The summed E-state index contributed by atoms with van der Waals surface area (Å²) in [6, 6.07) is 11.5. The lowest BCUT2D eigenvalue weighted by Gasteiger charge is -2.24. The Balaban J connectivity index is 1.91. The second-order valence-corrected chi connectivity index (χ2v) is 5.28. The molecule has 0 fully saturated rings. The maximum Gasteiger partial charge on any atom is 0.265 e. The van der Waals surface area contributed by atoms with Crippen molar-refractivity contribution in [1.29, 1.82) is 0 Å². The molecule has 5 heteroatoms. The van der Waals surface area contributed by atoms with E-state index in [0.717, 1.165) is 27.9 Å². The predicted molar refractivity (Wildman–Crippen MR) is 78.6 cm³/mol. The molecule has 104 valence electrons. The van der Waals surface area contributed by atoms with Crippen LogP contribution < -0.4 is 16.2 Å². The number of nitrogens with one attached hydrogen (secondary N) is 3. The van der Waals surface area contributed by atoms with Gasteiger partial charge >= 0.3 is 0 Å². The lowest BCUT2D eigenvalue weighted by Crippen LogP contribution is -2.44. The summed E-state index contributed by atoms with van der Waals surface area (Å²) in [5.41, 5.74) is 11.4. The zero-order chi connectivity index (χ0) is 14.6. The smallest absolute Gasteiger partial charge is 0.265 e. The van der Waals surface area contributed by atoms with Gasteiger partial charge in [-0.1, -0.05) is 18.2 Å². The van der Waals surface area contributed by atoms with Crippen LogP contribution in [-0.2, 0) is 4.79 Å². The third-order valence-corrected chi connectivity index (χ3v) is 3.94. The molecule has 1 aliphatic carbocycles. The summed E-state index contributed by atoms with van der Waals surface area (Å²) >= 11 is 0. The van der Waals surface area contributed by atoms with Crippen molar-refractivity contribution in [2.45, 2.75) is 13.0 Å². The van der Waals surface area contributed by atoms with Gasteiger partial charge in [0.1, 0.15) is 0 Å². The average molecular weight is 279 g/mol. The van der Waals surface area contributed by atoms with Gasteiger partial charge in [0.05, 0.1) is 6.04 Å². The minimum atomic E-state index is -0.113. The number of fused-ring (bicyclic) bond motifs is 3. The first-order chi connectivity index (χ1) is 10.1. The molecule has 2 aromatic rings. The predicted octanol–water partition coefficient (Wildman–Crippen LogP) is 1.96. The van der Waals surface area contributed by atoms with Crippen molar-refractivity contribution in [3.05, 3.63) is 53.1 Å². The van der Waals surface area contributed by atoms with Crippen molar-refractivity contribution in [3.63, 3.8) is 0 Å². The molecule has 21 heavy (non-hydrogen) atoms. The van der Waals surface area contributed by atoms with Crippen LogP contribution in [0.3, 0.4) is 0 Å². The van der Waals surface area contributed by atoms with Crippen LogP contribution in [0.4, 0.5) is 5.69 Å². The van der Waals surface area contributed by atoms with Crippen LogP contribution in [0.25, 0.3) is 11.1 Å². The Bertz CT molecular complexity index is 798. The molecule has 1 heterocycles. The normalized spacial score (nSPS) is 17.8. The molecule has 4 rings (SSSR count). The number of benzene rings is 2. The lowest BCUT2D eigenvalue weighted by molar-refractivity contribution is -0.114. The zero-order valence-electron chi connectivity index (χ0n) is 11.4. The van der Waals surface area contributed by atoms with Crippen LogP contribution in [0.2, 0.25) is 0 Å². The maximum atomic E-state index is 11.9. The number of rotatable bonds is 1. The van der Waals surface area contributed by atoms with E-state index in [1.54, 1.807) is 0 Å². The van der Waals surface area contributed by atoms with E-state index in [1.807, 2.05) is 36.4 Å². The second-order valence-electron chi connectivity index (χ2n) is 5.28. The van der Waals surface area contributed by atoms with E-state index in [-0.39, 0.29) is 17.9 Å². The van der Waals surface area contributed by atoms with Gasteiger partial charge in [-0.3, -0.25) is 15.0 Å². The fourth-order valence-electron chi connectivity index (χ4n) is 3.15. The van der Waals surface area contributed by atoms with Crippen molar-refractivity contribution in [3.8, 4) is 11.1 Å². The molecule has 0 radical (unpaired) electrons. The van der Waals surface area contributed by atoms with Crippen molar-refractivity contribution in [2.75, 3.05) is 5.32 Å². The molecule has 2 aromatic carbocycles. The van der Waals surface area contributed by atoms with E-state index in [9.17, 15) is 9.59 Å². The van der Waals surface area contributed by atoms with Gasteiger partial charge in [0.15, 0.2) is 0 Å². The van der Waals surface area contributed by atoms with Gasteiger partial charge in [0.2, 0.25) is 5.91 Å². The Kier molecular flexibility index (Phi) is 2.40. The number of carbonyl (C=O) groups excluding carboxylic acids is 2. The van der Waals surface area contributed by atoms with Crippen molar-refractivity contribution in [2.24, 2.45) is 0 Å². The number of anilines is 1. The van der Waals surface area contributed by atoms with E-state index < -0.39 is 0 Å². The lowest BCUT2D eigenvalue weighted by atomic mass is 9.97. The molecule has 0 saturated carbocycles. The van der Waals surface area contributed by atoms with Gasteiger partial charge in [-0.25, -0.2) is 5.43 Å². The first-order valence-corrected chi connectivity index (χ1v) is 6.76. The second kappa shape index (κ2) is 4.17. The molecule has 0 spiro atoms. The van der Waals surface area contributed by atoms with Crippen LogP contribution in [0, 0.1) is 0 Å². The van der Waals surface area contributed by atoms with Crippen LogP contribution in [0.15, 0.2) is 36.4 Å². The van der Waals surface area contributed by atoms with Gasteiger partial charge in [-0.15, -0.1) is 0 Å². The summed E-state index contributed by atoms with van der Waals surface area (Å²) in [5.74, 6) is -0.214. The molecule has 2 amide bonds. The van der Waals surface area contributed by atoms with Gasteiger partial charge in [0.25, 0.3) is 5.91 Å². The largest absolute Gasteiger partial charge is 0.326 e. The number of hydrazine groups is 1. The molecule has 2 aliphatic rings. The first kappa shape index (κ1) is 12.1. The van der Waals surface area contributed by atoms with E-state index in [0.29, 0.717) is 5.56 Å². The highest BCUT2D eigenvalue weighted by Crippen LogP contribution is 2.46. The van der Waals surface area contributed by atoms with E-state index >= 15 is 0 Å². The van der Waals surface area contributed by atoms with Gasteiger partial charge in [0, 0.05) is 18.2 Å². The number of hydrogen-bond donors (Lipinski definition) is 3. The molecule has 3 N–H and O–H groups in total. The third-order valence-electron chi connectivity index (χ3n) is 3.94. The van der Waals surface area contributed by atoms with Crippen LogP contribution in [-0.4, -0.2) is 11.8 Å². The minimum absolute atomic E-state index is 0.0717. The van der Waals surface area contributed by atoms with Gasteiger partial charge in [-0.2, -0.15) is 0 Å². The number of carbonyl (C=O) groups is 2. The Morgan fingerprint density at radius 2 is 1.95 bits per heavy atom. The summed E-state index contributed by atoms with van der Waals surface area (Å²) < 4.78 is 0. The summed E-state index contributed by atoms with van der Waals surface area (Å²) in [6.07, 6.45) is 0. The SMILES string of the molecule is CC(=O)Nc1ccc2c(c1)C1NNC(=O)c3cccc-2c31. The highest BCUT2D eigenvalue weighted by molar-refractivity contribution is 6.01. The molecule has 1 unspecified atom stereocenters. The van der Waals surface area contributed by atoms with E-state index in [1.165, 1.54) is 6.92 Å². The summed E-state index contributed by atoms with van der Waals surface area (Å²) in [7, 11) is 0. The zero-order valence-corrected chi connectivity index (χ0v) is 11.4. The molecule has 1 atom stereocenters. The summed E-state index contributed by atoms with van der Waals surface area (Å²) in [4.78, 5) is 23.2. The first-order valence-electron chi connectivity index (χ1n) is 6.76. The van der Waals surface area contributed by atoms with E-state index in [2.05, 4.69) is 16.2 Å². The van der Waals surface area contributed by atoms with Crippen molar-refractivity contribution < 1.29 is 9.59 Å². The molecule has 0 aromatic heterocycles. The highest BCUT2D eigenvalue weighted by Gasteiger charge is 2.35. The minimum Gasteiger partial charge on any atom is -0.326 e. The quantitative estimate of drug-likeness (QED) is 0.747.